The maximum absolute atomic E-state index is 5.94. The molecule has 0 bridgehead atoms. The van der Waals surface area contributed by atoms with Crippen molar-refractivity contribution in [2.24, 2.45) is 0 Å². The number of aryl methyl sites for hydroxylation is 1. The number of hydrogen-bond acceptors (Lipinski definition) is 3. The molecule has 26 heavy (non-hydrogen) atoms. The van der Waals surface area contributed by atoms with Gasteiger partial charge in [0, 0.05) is 10.7 Å². The Bertz CT molecular complexity index is 925. The van der Waals surface area contributed by atoms with Crippen molar-refractivity contribution in [3.63, 3.8) is 0 Å². The van der Waals surface area contributed by atoms with Gasteiger partial charge >= 0.3 is 0 Å². The highest BCUT2D eigenvalue weighted by Crippen LogP contribution is 2.19. The molecule has 0 aliphatic heterocycles. The smallest absolute Gasteiger partial charge is 0.180 e. The molecule has 0 amide bonds. The fraction of sp³-hybridized carbons (Fsp3) is 0.158. The van der Waals surface area contributed by atoms with Crippen LogP contribution < -0.4 is 15.4 Å². The van der Waals surface area contributed by atoms with Crippen LogP contribution in [-0.4, -0.2) is 14.9 Å². The maximum atomic E-state index is 5.94. The predicted molar refractivity (Wildman–Crippen MR) is 110 cm³/mol. The lowest BCUT2D eigenvalue weighted by molar-refractivity contribution is 0.221. The van der Waals surface area contributed by atoms with Gasteiger partial charge in [-0.2, -0.15) is 5.10 Å². The number of thiocarbonyl (C=S) groups is 1. The van der Waals surface area contributed by atoms with Crippen LogP contribution in [0, 0.1) is 13.8 Å². The standard InChI is InChI=1S/C19H19ClN4OS/c1-13-5-3-8-18(14(13)2)23-19(26)22-16-10-21-24(11-16)12-25-17-7-4-6-15(20)9-17/h3-11H,12H2,1-2H3,(H2,22,23,26). The number of nitrogens with one attached hydrogen (secondary N) is 2. The fourth-order valence-corrected chi connectivity index (χ4v) is 2.78. The van der Waals surface area contributed by atoms with Crippen LogP contribution >= 0.6 is 23.8 Å². The molecule has 0 saturated heterocycles. The van der Waals surface area contributed by atoms with Gasteiger partial charge in [0.15, 0.2) is 11.8 Å². The molecule has 0 unspecified atom stereocenters. The highest BCUT2D eigenvalue weighted by Gasteiger charge is 2.05. The van der Waals surface area contributed by atoms with Gasteiger partial charge in [-0.25, -0.2) is 4.68 Å². The number of benzene rings is 2. The van der Waals surface area contributed by atoms with E-state index in [1.807, 2.05) is 30.5 Å². The highest BCUT2D eigenvalue weighted by molar-refractivity contribution is 7.80. The molecular formula is C19H19ClN4OS. The number of hydrogen-bond donors (Lipinski definition) is 2. The van der Waals surface area contributed by atoms with Crippen LogP contribution in [0.1, 0.15) is 11.1 Å². The SMILES string of the molecule is Cc1cccc(NC(=S)Nc2cnn(COc3cccc(Cl)c3)c2)c1C. The Morgan fingerprint density at radius 1 is 1.19 bits per heavy atom. The molecule has 5 nitrogen and oxygen atoms in total. The lowest BCUT2D eigenvalue weighted by atomic mass is 10.1. The predicted octanol–water partition coefficient (Wildman–Crippen LogP) is 5.00. The number of rotatable bonds is 5. The molecule has 134 valence electrons. The average molecular weight is 387 g/mol. The molecule has 0 aliphatic carbocycles. The minimum atomic E-state index is 0.277. The van der Waals surface area contributed by atoms with Crippen LogP contribution in [0.4, 0.5) is 11.4 Å². The first-order valence-electron chi connectivity index (χ1n) is 8.06. The van der Waals surface area contributed by atoms with Gasteiger partial charge in [-0.15, -0.1) is 0 Å². The molecule has 2 N–H and O–H groups in total. The van der Waals surface area contributed by atoms with E-state index in [4.69, 9.17) is 28.6 Å². The molecule has 0 spiro atoms. The molecule has 7 heteroatoms. The summed E-state index contributed by atoms with van der Waals surface area (Å²) in [6, 6.07) is 13.3. The zero-order valence-corrected chi connectivity index (χ0v) is 16.1. The van der Waals surface area contributed by atoms with Gasteiger partial charge in [-0.1, -0.05) is 29.8 Å². The van der Waals surface area contributed by atoms with Crippen LogP contribution in [0.15, 0.2) is 54.9 Å². The highest BCUT2D eigenvalue weighted by atomic mass is 35.5. The summed E-state index contributed by atoms with van der Waals surface area (Å²) in [5, 5.41) is 11.7. The molecule has 1 heterocycles. The topological polar surface area (TPSA) is 51.1 Å². The summed E-state index contributed by atoms with van der Waals surface area (Å²) in [6.07, 6.45) is 3.51. The Labute approximate surface area is 162 Å². The lowest BCUT2D eigenvalue weighted by Crippen LogP contribution is -2.19. The van der Waals surface area contributed by atoms with E-state index < -0.39 is 0 Å². The third-order valence-electron chi connectivity index (χ3n) is 3.90. The molecule has 0 radical (unpaired) electrons. The van der Waals surface area contributed by atoms with Gasteiger partial charge in [0.25, 0.3) is 0 Å². The van der Waals surface area contributed by atoms with E-state index in [1.165, 1.54) is 11.1 Å². The molecule has 0 fully saturated rings. The van der Waals surface area contributed by atoms with E-state index in [0.29, 0.717) is 15.9 Å². The van der Waals surface area contributed by atoms with Crippen LogP contribution in [0.2, 0.25) is 5.02 Å². The van der Waals surface area contributed by atoms with E-state index >= 15 is 0 Å². The Morgan fingerprint density at radius 2 is 2.00 bits per heavy atom. The van der Waals surface area contributed by atoms with Crippen molar-refractivity contribution in [3.05, 3.63) is 71.0 Å². The molecule has 3 rings (SSSR count). The monoisotopic (exact) mass is 386 g/mol. The van der Waals surface area contributed by atoms with Crippen molar-refractivity contribution in [1.82, 2.24) is 9.78 Å². The summed E-state index contributed by atoms with van der Waals surface area (Å²) in [7, 11) is 0. The normalized spacial score (nSPS) is 10.4. The zero-order chi connectivity index (χ0) is 18.5. The minimum absolute atomic E-state index is 0.277. The van der Waals surface area contributed by atoms with Crippen molar-refractivity contribution in [2.75, 3.05) is 10.6 Å². The summed E-state index contributed by atoms with van der Waals surface area (Å²) in [5.41, 5.74) is 4.15. The van der Waals surface area contributed by atoms with Gasteiger partial charge in [-0.3, -0.25) is 0 Å². The molecular weight excluding hydrogens is 368 g/mol. The fourth-order valence-electron chi connectivity index (χ4n) is 2.37. The maximum Gasteiger partial charge on any atom is 0.180 e. The Kier molecular flexibility index (Phi) is 5.75. The molecule has 0 aliphatic rings. The summed E-state index contributed by atoms with van der Waals surface area (Å²) in [4.78, 5) is 0. The van der Waals surface area contributed by atoms with E-state index in [9.17, 15) is 0 Å². The van der Waals surface area contributed by atoms with Crippen LogP contribution in [0.3, 0.4) is 0 Å². The number of aromatic nitrogens is 2. The molecule has 0 saturated carbocycles. The van der Waals surface area contributed by atoms with Crippen LogP contribution in [0.25, 0.3) is 0 Å². The first-order valence-corrected chi connectivity index (χ1v) is 8.85. The number of halogens is 1. The third-order valence-corrected chi connectivity index (χ3v) is 4.34. The van der Waals surface area contributed by atoms with E-state index in [0.717, 1.165) is 11.4 Å². The van der Waals surface area contributed by atoms with Gasteiger partial charge in [-0.05, 0) is 61.5 Å². The number of anilines is 2. The van der Waals surface area contributed by atoms with E-state index in [1.54, 1.807) is 23.0 Å². The van der Waals surface area contributed by atoms with Crippen molar-refractivity contribution in [3.8, 4) is 5.75 Å². The van der Waals surface area contributed by atoms with Crippen molar-refractivity contribution in [1.29, 1.82) is 0 Å². The second kappa shape index (κ2) is 8.21. The van der Waals surface area contributed by atoms with Crippen molar-refractivity contribution >= 4 is 40.3 Å². The van der Waals surface area contributed by atoms with Gasteiger partial charge in [0.1, 0.15) is 5.75 Å². The van der Waals surface area contributed by atoms with Crippen molar-refractivity contribution in [2.45, 2.75) is 20.6 Å². The molecule has 0 atom stereocenters. The Hall–Kier alpha value is -2.57. The summed E-state index contributed by atoms with van der Waals surface area (Å²) in [6.45, 7) is 4.41. The quantitative estimate of drug-likeness (QED) is 0.604. The molecule has 1 aromatic heterocycles. The largest absolute Gasteiger partial charge is 0.471 e. The lowest BCUT2D eigenvalue weighted by Gasteiger charge is -2.12. The first kappa shape index (κ1) is 18.2. The second-order valence-electron chi connectivity index (χ2n) is 5.83. The third kappa shape index (κ3) is 4.74. The average Bonchev–Trinajstić information content (AvgIpc) is 3.04. The number of ether oxygens (including phenoxy) is 1. The first-order chi connectivity index (χ1) is 12.5. The summed E-state index contributed by atoms with van der Waals surface area (Å²) >= 11 is 11.3. The van der Waals surface area contributed by atoms with E-state index in [2.05, 4.69) is 35.6 Å². The Balaban J connectivity index is 1.56. The minimum Gasteiger partial charge on any atom is -0.471 e. The number of nitrogens with zero attached hydrogens (tertiary/aromatic N) is 2. The van der Waals surface area contributed by atoms with Gasteiger partial charge < -0.3 is 15.4 Å². The zero-order valence-electron chi connectivity index (χ0n) is 14.5. The van der Waals surface area contributed by atoms with E-state index in [-0.39, 0.29) is 6.73 Å². The molecule has 3 aromatic rings. The Morgan fingerprint density at radius 3 is 2.81 bits per heavy atom. The summed E-state index contributed by atoms with van der Waals surface area (Å²) in [5.74, 6) is 0.689. The molecule has 2 aromatic carbocycles. The van der Waals surface area contributed by atoms with Gasteiger partial charge in [0.05, 0.1) is 18.1 Å². The van der Waals surface area contributed by atoms with Crippen LogP contribution in [-0.2, 0) is 6.73 Å². The second-order valence-corrected chi connectivity index (χ2v) is 6.67. The van der Waals surface area contributed by atoms with Crippen LogP contribution in [0.5, 0.6) is 5.75 Å². The van der Waals surface area contributed by atoms with Gasteiger partial charge in [0.2, 0.25) is 0 Å². The van der Waals surface area contributed by atoms with Crippen molar-refractivity contribution < 1.29 is 4.74 Å². The summed E-state index contributed by atoms with van der Waals surface area (Å²) < 4.78 is 7.33.